The van der Waals surface area contributed by atoms with Crippen molar-refractivity contribution in [2.24, 2.45) is 0 Å². The van der Waals surface area contributed by atoms with Gasteiger partial charge in [-0.3, -0.25) is 0 Å². The molecule has 0 aliphatic carbocycles. The van der Waals surface area contributed by atoms with Gasteiger partial charge in [0.1, 0.15) is 5.75 Å². The number of halogens is 4. The number of alkyl halides is 3. The molecule has 2 nitrogen and oxygen atoms in total. The first-order valence-electron chi connectivity index (χ1n) is 5.22. The molecule has 0 fully saturated rings. The van der Waals surface area contributed by atoms with Crippen LogP contribution in [0.1, 0.15) is 13.3 Å². The summed E-state index contributed by atoms with van der Waals surface area (Å²) < 4.78 is 44.2. The van der Waals surface area contributed by atoms with Gasteiger partial charge in [-0.1, -0.05) is 13.0 Å². The lowest BCUT2D eigenvalue weighted by molar-refractivity contribution is -0.200. The molecule has 1 aromatic rings. The fourth-order valence-corrected chi connectivity index (χ4v) is 2.30. The zero-order chi connectivity index (χ0) is 12.6. The Morgan fingerprint density at radius 3 is 2.71 bits per heavy atom. The van der Waals surface area contributed by atoms with Crippen LogP contribution in [0.2, 0.25) is 0 Å². The molecular weight excluding hydrogens is 299 g/mol. The van der Waals surface area contributed by atoms with Crippen LogP contribution in [0.15, 0.2) is 22.7 Å². The Hall–Kier alpha value is -0.910. The molecule has 94 valence electrons. The molecule has 0 saturated heterocycles. The average molecular weight is 310 g/mol. The van der Waals surface area contributed by atoms with E-state index in [1.165, 1.54) is 6.07 Å². The van der Waals surface area contributed by atoms with Crippen LogP contribution in [0.25, 0.3) is 0 Å². The van der Waals surface area contributed by atoms with Crippen LogP contribution in [0.4, 0.5) is 18.9 Å². The van der Waals surface area contributed by atoms with Crippen molar-refractivity contribution in [3.63, 3.8) is 0 Å². The van der Waals surface area contributed by atoms with Crippen molar-refractivity contribution < 1.29 is 17.9 Å². The number of anilines is 1. The Bertz CT molecular complexity index is 422. The normalized spacial score (nSPS) is 23.6. The quantitative estimate of drug-likeness (QED) is 0.847. The van der Waals surface area contributed by atoms with Gasteiger partial charge in [0.25, 0.3) is 0 Å². The molecule has 2 atom stereocenters. The van der Waals surface area contributed by atoms with Crippen molar-refractivity contribution >= 4 is 21.6 Å². The maximum atomic E-state index is 12.8. The van der Waals surface area contributed by atoms with Gasteiger partial charge in [-0.25, -0.2) is 0 Å². The lowest BCUT2D eigenvalue weighted by atomic mass is 10.0. The average Bonchev–Trinajstić information content (AvgIpc) is 2.27. The van der Waals surface area contributed by atoms with Gasteiger partial charge in [0, 0.05) is 4.47 Å². The highest BCUT2D eigenvalue weighted by Gasteiger charge is 2.48. The van der Waals surface area contributed by atoms with Gasteiger partial charge < -0.3 is 10.1 Å². The Morgan fingerprint density at radius 2 is 2.12 bits per heavy atom. The lowest BCUT2D eigenvalue weighted by Crippen LogP contribution is -2.50. The summed E-state index contributed by atoms with van der Waals surface area (Å²) in [5, 5.41) is 2.88. The van der Waals surface area contributed by atoms with Gasteiger partial charge in [-0.2, -0.15) is 13.2 Å². The zero-order valence-corrected chi connectivity index (χ0v) is 10.6. The molecule has 2 rings (SSSR count). The molecule has 2 unspecified atom stereocenters. The van der Waals surface area contributed by atoms with E-state index >= 15 is 0 Å². The third-order valence-corrected chi connectivity index (χ3v) is 3.35. The Labute approximate surface area is 105 Å². The smallest absolute Gasteiger partial charge is 0.427 e. The summed E-state index contributed by atoms with van der Waals surface area (Å²) in [4.78, 5) is 0. The predicted octanol–water partition coefficient (Wildman–Crippen LogP) is 3.96. The van der Waals surface area contributed by atoms with Crippen molar-refractivity contribution in [2.75, 3.05) is 5.32 Å². The topological polar surface area (TPSA) is 21.3 Å². The fourth-order valence-electron chi connectivity index (χ4n) is 1.83. The highest BCUT2D eigenvalue weighted by atomic mass is 79.9. The zero-order valence-electron chi connectivity index (χ0n) is 9.01. The van der Waals surface area contributed by atoms with Crippen LogP contribution in [-0.2, 0) is 0 Å². The third kappa shape index (κ3) is 2.36. The van der Waals surface area contributed by atoms with Crippen molar-refractivity contribution in [3.8, 4) is 5.75 Å². The molecule has 0 aromatic heterocycles. The van der Waals surface area contributed by atoms with Crippen LogP contribution in [0, 0.1) is 0 Å². The molecule has 0 radical (unpaired) electrons. The van der Waals surface area contributed by atoms with Gasteiger partial charge >= 0.3 is 6.18 Å². The number of nitrogens with one attached hydrogen (secondary N) is 1. The monoisotopic (exact) mass is 309 g/mol. The second-order valence-electron chi connectivity index (χ2n) is 3.85. The number of para-hydroxylation sites is 1. The molecule has 1 aromatic carbocycles. The van der Waals surface area contributed by atoms with Crippen LogP contribution in [-0.4, -0.2) is 18.3 Å². The Balaban J connectivity index is 2.37. The first kappa shape index (κ1) is 12.5. The lowest BCUT2D eigenvalue weighted by Gasteiger charge is -2.35. The molecule has 0 amide bonds. The molecule has 0 bridgehead atoms. The maximum Gasteiger partial charge on any atom is 0.427 e. The summed E-state index contributed by atoms with van der Waals surface area (Å²) in [5.41, 5.74) is 0.583. The second-order valence-corrected chi connectivity index (χ2v) is 4.71. The minimum absolute atomic E-state index is 0.228. The summed E-state index contributed by atoms with van der Waals surface area (Å²) in [6.45, 7) is 1.70. The molecule has 1 aliphatic rings. The van der Waals surface area contributed by atoms with Crippen LogP contribution in [0.5, 0.6) is 5.75 Å². The fraction of sp³-hybridized carbons (Fsp3) is 0.455. The van der Waals surface area contributed by atoms with Crippen molar-refractivity contribution in [1.82, 2.24) is 0 Å². The van der Waals surface area contributed by atoms with Crippen LogP contribution >= 0.6 is 15.9 Å². The van der Waals surface area contributed by atoms with Gasteiger partial charge in [0.15, 0.2) is 0 Å². The van der Waals surface area contributed by atoms with E-state index in [4.69, 9.17) is 4.74 Å². The molecule has 1 heterocycles. The highest BCUT2D eigenvalue weighted by Crippen LogP contribution is 2.41. The van der Waals surface area contributed by atoms with E-state index in [-0.39, 0.29) is 5.75 Å². The van der Waals surface area contributed by atoms with E-state index < -0.39 is 18.3 Å². The SMILES string of the molecule is CCC1Nc2c(Br)cccc2OC1C(F)(F)F. The second kappa shape index (κ2) is 4.40. The van der Waals surface area contributed by atoms with Gasteiger partial charge in [0.2, 0.25) is 6.10 Å². The molecule has 1 N–H and O–H groups in total. The predicted molar refractivity (Wildman–Crippen MR) is 62.3 cm³/mol. The largest absolute Gasteiger partial charge is 0.477 e. The van der Waals surface area contributed by atoms with E-state index in [2.05, 4.69) is 21.2 Å². The maximum absolute atomic E-state index is 12.8. The number of hydrogen-bond donors (Lipinski definition) is 1. The van der Waals surface area contributed by atoms with E-state index in [1.807, 2.05) is 0 Å². The Kier molecular flexibility index (Phi) is 3.25. The van der Waals surface area contributed by atoms with E-state index in [0.29, 0.717) is 16.6 Å². The van der Waals surface area contributed by atoms with Crippen LogP contribution < -0.4 is 10.1 Å². The third-order valence-electron chi connectivity index (χ3n) is 2.69. The van der Waals surface area contributed by atoms with Gasteiger partial charge in [0.05, 0.1) is 11.7 Å². The van der Waals surface area contributed by atoms with E-state index in [0.717, 1.165) is 0 Å². The number of rotatable bonds is 1. The molecule has 6 heteroatoms. The summed E-state index contributed by atoms with van der Waals surface area (Å²) in [7, 11) is 0. The first-order chi connectivity index (χ1) is 7.93. The summed E-state index contributed by atoms with van der Waals surface area (Å²) in [5.74, 6) is 0.228. The summed E-state index contributed by atoms with van der Waals surface area (Å²) in [6.07, 6.45) is -5.83. The minimum atomic E-state index is -4.37. The standard InChI is InChI=1S/C11H11BrF3NO/c1-2-7-10(11(13,14)15)17-8-5-3-4-6(12)9(8)16-7/h3-5,7,10,16H,2H2,1H3. The van der Waals surface area contributed by atoms with Gasteiger partial charge in [-0.05, 0) is 34.5 Å². The molecule has 1 aliphatic heterocycles. The van der Waals surface area contributed by atoms with E-state index in [1.54, 1.807) is 19.1 Å². The van der Waals surface area contributed by atoms with Crippen molar-refractivity contribution in [2.45, 2.75) is 31.7 Å². The summed E-state index contributed by atoms with van der Waals surface area (Å²) >= 11 is 3.29. The number of hydrogen-bond acceptors (Lipinski definition) is 2. The summed E-state index contributed by atoms with van der Waals surface area (Å²) in [6, 6.07) is 4.17. The van der Waals surface area contributed by atoms with Crippen LogP contribution in [0.3, 0.4) is 0 Å². The minimum Gasteiger partial charge on any atom is -0.477 e. The first-order valence-corrected chi connectivity index (χ1v) is 6.01. The number of benzene rings is 1. The number of fused-ring (bicyclic) bond motifs is 1. The van der Waals surface area contributed by atoms with Crippen molar-refractivity contribution in [3.05, 3.63) is 22.7 Å². The Morgan fingerprint density at radius 1 is 1.41 bits per heavy atom. The molecule has 0 saturated carbocycles. The van der Waals surface area contributed by atoms with Gasteiger partial charge in [-0.15, -0.1) is 0 Å². The molecule has 0 spiro atoms. The highest BCUT2D eigenvalue weighted by molar-refractivity contribution is 9.10. The molecular formula is C11H11BrF3NO. The van der Waals surface area contributed by atoms with Crippen molar-refractivity contribution in [1.29, 1.82) is 0 Å². The van der Waals surface area contributed by atoms with E-state index in [9.17, 15) is 13.2 Å². The number of ether oxygens (including phenoxy) is 1. The molecule has 17 heavy (non-hydrogen) atoms.